The smallest absolute Gasteiger partial charge is 0.244 e. The molecular formula is C14H25N3O2S. The predicted octanol–water partition coefficient (Wildman–Crippen LogP) is 2.08. The van der Waals surface area contributed by atoms with E-state index in [1.807, 2.05) is 0 Å². The van der Waals surface area contributed by atoms with E-state index in [1.54, 1.807) is 23.6 Å². The molecule has 1 heterocycles. The summed E-state index contributed by atoms with van der Waals surface area (Å²) in [6, 6.07) is 2.27. The highest BCUT2D eigenvalue weighted by atomic mass is 32.2. The van der Waals surface area contributed by atoms with Crippen molar-refractivity contribution >= 4 is 10.0 Å². The van der Waals surface area contributed by atoms with E-state index in [0.717, 1.165) is 31.4 Å². The van der Waals surface area contributed by atoms with Gasteiger partial charge in [-0.15, -0.1) is 0 Å². The summed E-state index contributed by atoms with van der Waals surface area (Å²) in [7, 11) is -1.67. The molecule has 0 aliphatic heterocycles. The number of hydrogen-bond acceptors (Lipinski definition) is 3. The maximum absolute atomic E-state index is 12.6. The molecule has 1 aromatic heterocycles. The normalized spacial score (nSPS) is 17.4. The van der Waals surface area contributed by atoms with Crippen molar-refractivity contribution in [1.29, 1.82) is 0 Å². The zero-order valence-electron chi connectivity index (χ0n) is 12.5. The molecule has 0 unspecified atom stereocenters. The van der Waals surface area contributed by atoms with E-state index in [9.17, 15) is 8.42 Å². The first-order valence-electron chi connectivity index (χ1n) is 7.30. The van der Waals surface area contributed by atoms with Crippen molar-refractivity contribution in [2.24, 2.45) is 0 Å². The minimum Gasteiger partial charge on any atom is -0.363 e. The molecule has 0 atom stereocenters. The van der Waals surface area contributed by atoms with Gasteiger partial charge in [0.15, 0.2) is 0 Å². The maximum atomic E-state index is 12.6. The van der Waals surface area contributed by atoms with E-state index in [2.05, 4.69) is 24.1 Å². The highest BCUT2D eigenvalue weighted by Crippen LogP contribution is 2.27. The Kier molecular flexibility index (Phi) is 4.88. The largest absolute Gasteiger partial charge is 0.363 e. The highest BCUT2D eigenvalue weighted by molar-refractivity contribution is 7.89. The third-order valence-corrected chi connectivity index (χ3v) is 5.82. The predicted molar refractivity (Wildman–Crippen MR) is 80.0 cm³/mol. The average molecular weight is 299 g/mol. The summed E-state index contributed by atoms with van der Waals surface area (Å²) in [5.74, 6) is 0. The number of H-pyrrole nitrogens is 1. The molecule has 5 nitrogen and oxygen atoms in total. The first-order chi connectivity index (χ1) is 9.41. The molecule has 2 rings (SSSR count). The number of aromatic nitrogens is 1. The van der Waals surface area contributed by atoms with E-state index in [4.69, 9.17) is 0 Å². The zero-order valence-corrected chi connectivity index (χ0v) is 13.3. The van der Waals surface area contributed by atoms with Crippen molar-refractivity contribution in [3.05, 3.63) is 18.0 Å². The van der Waals surface area contributed by atoms with Crippen LogP contribution >= 0.6 is 0 Å². The van der Waals surface area contributed by atoms with E-state index in [0.29, 0.717) is 17.5 Å². The summed E-state index contributed by atoms with van der Waals surface area (Å²) < 4.78 is 26.7. The van der Waals surface area contributed by atoms with Crippen LogP contribution in [-0.2, 0) is 16.6 Å². The van der Waals surface area contributed by atoms with Crippen LogP contribution in [0, 0.1) is 0 Å². The summed E-state index contributed by atoms with van der Waals surface area (Å²) in [5.41, 5.74) is 0.900. The quantitative estimate of drug-likeness (QED) is 0.845. The molecule has 1 saturated carbocycles. The summed E-state index contributed by atoms with van der Waals surface area (Å²) >= 11 is 0. The average Bonchev–Trinajstić information content (AvgIpc) is 3.06. The minimum absolute atomic E-state index is 0.159. The van der Waals surface area contributed by atoms with Crippen LogP contribution in [0.4, 0.5) is 0 Å². The Balaban J connectivity index is 2.09. The van der Waals surface area contributed by atoms with Crippen molar-refractivity contribution in [3.8, 4) is 0 Å². The molecule has 0 bridgehead atoms. The van der Waals surface area contributed by atoms with Gasteiger partial charge < -0.3 is 10.3 Å². The van der Waals surface area contributed by atoms with Gasteiger partial charge in [-0.2, -0.15) is 4.31 Å². The molecule has 1 aliphatic rings. The first-order valence-corrected chi connectivity index (χ1v) is 8.74. The first kappa shape index (κ1) is 15.5. The van der Waals surface area contributed by atoms with Gasteiger partial charge in [-0.25, -0.2) is 8.42 Å². The fourth-order valence-electron chi connectivity index (χ4n) is 2.61. The lowest BCUT2D eigenvalue weighted by atomic mass is 10.3. The van der Waals surface area contributed by atoms with Crippen molar-refractivity contribution < 1.29 is 8.42 Å². The number of nitrogens with zero attached hydrogens (tertiary/aromatic N) is 1. The number of nitrogens with one attached hydrogen (secondary N) is 2. The van der Waals surface area contributed by atoms with Gasteiger partial charge in [0.1, 0.15) is 0 Å². The monoisotopic (exact) mass is 299 g/mol. The maximum Gasteiger partial charge on any atom is 0.244 e. The second-order valence-electron chi connectivity index (χ2n) is 5.86. The third kappa shape index (κ3) is 3.42. The molecular weight excluding hydrogens is 274 g/mol. The van der Waals surface area contributed by atoms with E-state index < -0.39 is 10.0 Å². The summed E-state index contributed by atoms with van der Waals surface area (Å²) in [6.45, 7) is 4.78. The molecule has 2 N–H and O–H groups in total. The van der Waals surface area contributed by atoms with Crippen LogP contribution in [0.25, 0.3) is 0 Å². The fourth-order valence-corrected chi connectivity index (χ4v) is 4.05. The lowest BCUT2D eigenvalue weighted by molar-refractivity contribution is 0.373. The zero-order chi connectivity index (χ0) is 14.8. The van der Waals surface area contributed by atoms with Crippen LogP contribution in [-0.4, -0.2) is 36.8 Å². The van der Waals surface area contributed by atoms with Gasteiger partial charge in [-0.3, -0.25) is 0 Å². The van der Waals surface area contributed by atoms with Crippen molar-refractivity contribution in [1.82, 2.24) is 14.6 Å². The Morgan fingerprint density at radius 2 is 2.05 bits per heavy atom. The minimum atomic E-state index is -3.37. The van der Waals surface area contributed by atoms with Gasteiger partial charge in [-0.05, 0) is 18.9 Å². The van der Waals surface area contributed by atoms with E-state index in [-0.39, 0.29) is 6.04 Å². The summed E-state index contributed by atoms with van der Waals surface area (Å²) in [6.07, 6.45) is 5.80. The molecule has 0 spiro atoms. The van der Waals surface area contributed by atoms with Crippen molar-refractivity contribution in [3.63, 3.8) is 0 Å². The molecule has 0 saturated heterocycles. The molecule has 0 amide bonds. The lowest BCUT2D eigenvalue weighted by Crippen LogP contribution is -2.35. The molecule has 6 heteroatoms. The molecule has 20 heavy (non-hydrogen) atoms. The number of hydrogen-bond donors (Lipinski definition) is 2. The van der Waals surface area contributed by atoms with Crippen LogP contribution in [0.3, 0.4) is 0 Å². The molecule has 1 aromatic rings. The van der Waals surface area contributed by atoms with E-state index in [1.165, 1.54) is 0 Å². The van der Waals surface area contributed by atoms with Crippen LogP contribution in [0.1, 0.15) is 45.2 Å². The number of rotatable bonds is 6. The van der Waals surface area contributed by atoms with Crippen LogP contribution < -0.4 is 5.32 Å². The Bertz CT molecular complexity index is 530. The molecule has 0 radical (unpaired) electrons. The molecule has 0 aromatic carbocycles. The Hall–Kier alpha value is -0.850. The van der Waals surface area contributed by atoms with Gasteiger partial charge in [0, 0.05) is 37.6 Å². The molecule has 1 aliphatic carbocycles. The van der Waals surface area contributed by atoms with E-state index >= 15 is 0 Å². The lowest BCUT2D eigenvalue weighted by Gasteiger charge is -2.22. The number of sulfonamides is 1. The van der Waals surface area contributed by atoms with Gasteiger partial charge in [0.2, 0.25) is 10.0 Å². The van der Waals surface area contributed by atoms with Gasteiger partial charge in [0.25, 0.3) is 0 Å². The SMILES string of the molecule is CC(C)NCc1cc(S(=O)(=O)N(C)C2CCCC2)c[nH]1. The van der Waals surface area contributed by atoms with Gasteiger partial charge in [0.05, 0.1) is 4.90 Å². The number of aromatic amines is 1. The molecule has 1 fully saturated rings. The van der Waals surface area contributed by atoms with Crippen LogP contribution in [0.15, 0.2) is 17.2 Å². The Morgan fingerprint density at radius 3 is 2.65 bits per heavy atom. The highest BCUT2D eigenvalue weighted by Gasteiger charge is 2.30. The van der Waals surface area contributed by atoms with Crippen LogP contribution in [0.5, 0.6) is 0 Å². The fraction of sp³-hybridized carbons (Fsp3) is 0.714. The topological polar surface area (TPSA) is 65.2 Å². The second kappa shape index (κ2) is 6.28. The summed E-state index contributed by atoms with van der Waals surface area (Å²) in [5, 5.41) is 3.27. The third-order valence-electron chi connectivity index (χ3n) is 3.93. The van der Waals surface area contributed by atoms with Crippen molar-refractivity contribution in [2.75, 3.05) is 7.05 Å². The van der Waals surface area contributed by atoms with Crippen LogP contribution in [0.2, 0.25) is 0 Å². The van der Waals surface area contributed by atoms with Gasteiger partial charge >= 0.3 is 0 Å². The Labute approximate surface area is 121 Å². The standard InChI is InChI=1S/C14H25N3O2S/c1-11(2)15-9-12-8-14(10-16-12)20(18,19)17(3)13-6-4-5-7-13/h8,10-11,13,15-16H,4-7,9H2,1-3H3. The van der Waals surface area contributed by atoms with Crippen molar-refractivity contribution in [2.45, 2.75) is 63.1 Å². The van der Waals surface area contributed by atoms with Gasteiger partial charge in [-0.1, -0.05) is 26.7 Å². The molecule has 114 valence electrons. The summed E-state index contributed by atoms with van der Waals surface area (Å²) in [4.78, 5) is 3.41. The Morgan fingerprint density at radius 1 is 1.40 bits per heavy atom. The second-order valence-corrected chi connectivity index (χ2v) is 7.85.